The molecule has 0 saturated carbocycles. The maximum absolute atomic E-state index is 5.93. The number of piperidine rings is 1. The van der Waals surface area contributed by atoms with Crippen LogP contribution in [0.15, 0.2) is 0 Å². The number of ether oxygens (including phenoxy) is 1. The van der Waals surface area contributed by atoms with Crippen LogP contribution in [0, 0.1) is 5.92 Å². The normalized spacial score (nSPS) is 26.2. The third-order valence-corrected chi connectivity index (χ3v) is 3.94. The number of nitrogens with zero attached hydrogens (tertiary/aromatic N) is 1. The summed E-state index contributed by atoms with van der Waals surface area (Å²) in [6.45, 7) is 8.85. The smallest absolute Gasteiger partial charge is 0.0695 e. The molecule has 3 nitrogen and oxygen atoms in total. The Hall–Kier alpha value is -0.120. The maximum Gasteiger partial charge on any atom is 0.0695 e. The van der Waals surface area contributed by atoms with E-state index >= 15 is 0 Å². The molecule has 3 heteroatoms. The average Bonchev–Trinajstić information content (AvgIpc) is 2.27. The molecule has 0 spiro atoms. The van der Waals surface area contributed by atoms with Crippen molar-refractivity contribution in [2.24, 2.45) is 11.7 Å². The van der Waals surface area contributed by atoms with E-state index in [0.29, 0.717) is 24.1 Å². The van der Waals surface area contributed by atoms with Crippen molar-refractivity contribution < 1.29 is 4.74 Å². The van der Waals surface area contributed by atoms with Crippen molar-refractivity contribution in [1.29, 1.82) is 0 Å². The van der Waals surface area contributed by atoms with Gasteiger partial charge in [-0.05, 0) is 52.6 Å². The summed E-state index contributed by atoms with van der Waals surface area (Å²) in [7, 11) is 1.79. The van der Waals surface area contributed by atoms with Crippen molar-refractivity contribution in [2.45, 2.75) is 51.8 Å². The second-order valence-electron chi connectivity index (χ2n) is 4.91. The summed E-state index contributed by atoms with van der Waals surface area (Å²) in [4.78, 5) is 2.52. The zero-order valence-corrected chi connectivity index (χ0v) is 10.6. The van der Waals surface area contributed by atoms with E-state index in [1.807, 2.05) is 0 Å². The Morgan fingerprint density at radius 3 is 2.13 bits per heavy atom. The molecule has 0 aliphatic carbocycles. The molecule has 1 aliphatic rings. The predicted molar refractivity (Wildman–Crippen MR) is 63.9 cm³/mol. The summed E-state index contributed by atoms with van der Waals surface area (Å²) >= 11 is 0. The van der Waals surface area contributed by atoms with Crippen LogP contribution in [0.3, 0.4) is 0 Å². The van der Waals surface area contributed by atoms with Gasteiger partial charge in [0.2, 0.25) is 0 Å². The zero-order valence-electron chi connectivity index (χ0n) is 10.6. The predicted octanol–water partition coefficient (Wildman–Crippen LogP) is 1.47. The number of hydrogen-bond acceptors (Lipinski definition) is 3. The lowest BCUT2D eigenvalue weighted by molar-refractivity contribution is 0.0172. The largest absolute Gasteiger partial charge is 0.380 e. The first-order valence-electron chi connectivity index (χ1n) is 6.08. The average molecular weight is 214 g/mol. The quantitative estimate of drug-likeness (QED) is 0.770. The molecule has 1 saturated heterocycles. The van der Waals surface area contributed by atoms with Crippen molar-refractivity contribution in [3.8, 4) is 0 Å². The van der Waals surface area contributed by atoms with Crippen molar-refractivity contribution in [2.75, 3.05) is 20.2 Å². The van der Waals surface area contributed by atoms with Gasteiger partial charge in [0.25, 0.3) is 0 Å². The van der Waals surface area contributed by atoms with E-state index in [2.05, 4.69) is 25.7 Å². The first kappa shape index (κ1) is 12.9. The lowest BCUT2D eigenvalue weighted by Gasteiger charge is -2.39. The lowest BCUT2D eigenvalue weighted by Crippen LogP contribution is -2.47. The minimum Gasteiger partial charge on any atom is -0.380 e. The van der Waals surface area contributed by atoms with Crippen LogP contribution in [0.2, 0.25) is 0 Å². The van der Waals surface area contributed by atoms with Crippen LogP contribution in [0.5, 0.6) is 0 Å². The van der Waals surface area contributed by atoms with Crippen LogP contribution in [-0.2, 0) is 4.74 Å². The van der Waals surface area contributed by atoms with Gasteiger partial charge in [0, 0.05) is 19.2 Å². The van der Waals surface area contributed by atoms with Crippen molar-refractivity contribution >= 4 is 0 Å². The minimum atomic E-state index is 0.317. The van der Waals surface area contributed by atoms with Crippen LogP contribution in [0.25, 0.3) is 0 Å². The topological polar surface area (TPSA) is 38.5 Å². The highest BCUT2D eigenvalue weighted by Crippen LogP contribution is 2.22. The Morgan fingerprint density at radius 1 is 1.20 bits per heavy atom. The van der Waals surface area contributed by atoms with Gasteiger partial charge in [0.1, 0.15) is 0 Å². The van der Waals surface area contributed by atoms with E-state index in [0.717, 1.165) is 0 Å². The minimum absolute atomic E-state index is 0.317. The Bertz CT molecular complexity index is 176. The standard InChI is InChI=1S/C12H26N2O/c1-9(13)12-5-7-14(8-6-12)10(2)11(3)15-4/h9-12H,5-8,13H2,1-4H3. The molecular weight excluding hydrogens is 188 g/mol. The van der Waals surface area contributed by atoms with E-state index in [9.17, 15) is 0 Å². The van der Waals surface area contributed by atoms with E-state index in [4.69, 9.17) is 10.5 Å². The summed E-state index contributed by atoms with van der Waals surface area (Å²) in [5.41, 5.74) is 5.93. The molecule has 0 aromatic carbocycles. The van der Waals surface area contributed by atoms with Crippen LogP contribution in [-0.4, -0.2) is 43.3 Å². The lowest BCUT2D eigenvalue weighted by atomic mass is 9.90. The molecule has 0 aromatic heterocycles. The van der Waals surface area contributed by atoms with Crippen molar-refractivity contribution in [3.63, 3.8) is 0 Å². The number of likely N-dealkylation sites (tertiary alicyclic amines) is 1. The number of methoxy groups -OCH3 is 1. The van der Waals surface area contributed by atoms with E-state index in [-0.39, 0.29) is 0 Å². The van der Waals surface area contributed by atoms with Gasteiger partial charge in [-0.3, -0.25) is 4.90 Å². The number of nitrogens with two attached hydrogens (primary N) is 1. The van der Waals surface area contributed by atoms with Crippen molar-refractivity contribution in [1.82, 2.24) is 4.90 Å². The molecule has 0 amide bonds. The van der Waals surface area contributed by atoms with Gasteiger partial charge in [0.05, 0.1) is 6.10 Å². The van der Waals surface area contributed by atoms with Gasteiger partial charge in [-0.25, -0.2) is 0 Å². The highest BCUT2D eigenvalue weighted by atomic mass is 16.5. The van der Waals surface area contributed by atoms with E-state index in [1.54, 1.807) is 7.11 Å². The summed E-state index contributed by atoms with van der Waals surface area (Å²) in [6.07, 6.45) is 2.79. The molecule has 1 fully saturated rings. The zero-order chi connectivity index (χ0) is 11.4. The summed E-state index contributed by atoms with van der Waals surface area (Å²) in [6, 6.07) is 0.867. The van der Waals surface area contributed by atoms with Gasteiger partial charge >= 0.3 is 0 Å². The molecule has 0 radical (unpaired) electrons. The number of hydrogen-bond donors (Lipinski definition) is 1. The maximum atomic E-state index is 5.93. The van der Waals surface area contributed by atoms with Gasteiger partial charge in [-0.2, -0.15) is 0 Å². The van der Waals surface area contributed by atoms with Gasteiger partial charge in [-0.15, -0.1) is 0 Å². The van der Waals surface area contributed by atoms with E-state index in [1.165, 1.54) is 25.9 Å². The summed E-state index contributed by atoms with van der Waals surface area (Å²) in [5, 5.41) is 0. The summed E-state index contributed by atoms with van der Waals surface area (Å²) in [5.74, 6) is 0.714. The molecule has 3 atom stereocenters. The van der Waals surface area contributed by atoms with Gasteiger partial charge < -0.3 is 10.5 Å². The molecule has 15 heavy (non-hydrogen) atoms. The van der Waals surface area contributed by atoms with Crippen LogP contribution in [0.4, 0.5) is 0 Å². The molecular formula is C12H26N2O. The van der Waals surface area contributed by atoms with E-state index < -0.39 is 0 Å². The van der Waals surface area contributed by atoms with Gasteiger partial charge in [0.15, 0.2) is 0 Å². The van der Waals surface area contributed by atoms with Crippen LogP contribution in [0.1, 0.15) is 33.6 Å². The molecule has 1 rings (SSSR count). The Labute approximate surface area is 94.0 Å². The van der Waals surface area contributed by atoms with Crippen molar-refractivity contribution in [3.05, 3.63) is 0 Å². The van der Waals surface area contributed by atoms with Gasteiger partial charge in [-0.1, -0.05) is 0 Å². The van der Waals surface area contributed by atoms with Crippen LogP contribution < -0.4 is 5.73 Å². The molecule has 3 unspecified atom stereocenters. The fourth-order valence-electron chi connectivity index (χ4n) is 2.35. The molecule has 1 aliphatic heterocycles. The molecule has 0 bridgehead atoms. The highest BCUT2D eigenvalue weighted by Gasteiger charge is 2.26. The SMILES string of the molecule is COC(C)C(C)N1CCC(C(C)N)CC1. The molecule has 2 N–H and O–H groups in total. The highest BCUT2D eigenvalue weighted by molar-refractivity contribution is 4.82. The first-order valence-corrected chi connectivity index (χ1v) is 6.08. The molecule has 1 heterocycles. The third kappa shape index (κ3) is 3.44. The fourth-order valence-corrected chi connectivity index (χ4v) is 2.35. The molecule has 0 aromatic rings. The third-order valence-electron chi connectivity index (χ3n) is 3.94. The second kappa shape index (κ2) is 5.83. The number of rotatable bonds is 4. The fraction of sp³-hybridized carbons (Fsp3) is 1.00. The first-order chi connectivity index (χ1) is 7.06. The Kier molecular flexibility index (Phi) is 5.03. The monoisotopic (exact) mass is 214 g/mol. The van der Waals surface area contributed by atoms with Crippen LogP contribution >= 0.6 is 0 Å². The second-order valence-corrected chi connectivity index (χ2v) is 4.91. The Balaban J connectivity index is 2.36. The Morgan fingerprint density at radius 2 is 1.73 bits per heavy atom. The summed E-state index contributed by atoms with van der Waals surface area (Å²) < 4.78 is 5.37. The molecule has 90 valence electrons.